The maximum atomic E-state index is 12.9. The molecule has 0 bridgehead atoms. The van der Waals surface area contributed by atoms with Crippen molar-refractivity contribution in [2.24, 2.45) is 0 Å². The van der Waals surface area contributed by atoms with Crippen molar-refractivity contribution >= 4 is 15.7 Å². The molecule has 1 aromatic rings. The van der Waals surface area contributed by atoms with Crippen LogP contribution in [0.5, 0.6) is 0 Å². The van der Waals surface area contributed by atoms with Crippen LogP contribution < -0.4 is 4.90 Å². The molecule has 2 heterocycles. The first-order chi connectivity index (χ1) is 9.69. The topological polar surface area (TPSA) is 40.6 Å². The molecule has 0 aromatic heterocycles. The Morgan fingerprint density at radius 1 is 0.800 bits per heavy atom. The van der Waals surface area contributed by atoms with Crippen LogP contribution in [0, 0.1) is 0 Å². The summed E-state index contributed by atoms with van der Waals surface area (Å²) in [6.45, 7) is 3.26. The molecule has 110 valence electrons. The van der Waals surface area contributed by atoms with Crippen molar-refractivity contribution in [2.75, 3.05) is 31.1 Å². The molecule has 2 aliphatic heterocycles. The lowest BCUT2D eigenvalue weighted by molar-refractivity contribution is 0.346. The molecule has 1 aromatic carbocycles. The van der Waals surface area contributed by atoms with Crippen LogP contribution in [0.2, 0.25) is 0 Å². The van der Waals surface area contributed by atoms with Crippen LogP contribution in [-0.4, -0.2) is 38.9 Å². The highest BCUT2D eigenvalue weighted by Gasteiger charge is 2.29. The number of piperidine rings is 1. The van der Waals surface area contributed by atoms with Crippen LogP contribution in [0.25, 0.3) is 0 Å². The minimum atomic E-state index is -3.34. The van der Waals surface area contributed by atoms with Crippen LogP contribution in [-0.2, 0) is 10.0 Å². The average Bonchev–Trinajstić information content (AvgIpc) is 3.02. The van der Waals surface area contributed by atoms with E-state index in [9.17, 15) is 8.42 Å². The molecular formula is C15H22N2O2S. The Balaban J connectivity index is 1.96. The lowest BCUT2D eigenvalue weighted by Gasteiger charge is -2.28. The van der Waals surface area contributed by atoms with Crippen LogP contribution in [0.4, 0.5) is 5.69 Å². The third-order valence-electron chi connectivity index (χ3n) is 4.24. The Morgan fingerprint density at radius 3 is 2.10 bits per heavy atom. The third kappa shape index (κ3) is 2.56. The van der Waals surface area contributed by atoms with Gasteiger partial charge in [-0.05, 0) is 37.8 Å². The molecule has 20 heavy (non-hydrogen) atoms. The summed E-state index contributed by atoms with van der Waals surface area (Å²) < 4.78 is 27.4. The molecule has 0 amide bonds. The van der Waals surface area contributed by atoms with Crippen molar-refractivity contribution in [1.29, 1.82) is 0 Å². The predicted molar refractivity (Wildman–Crippen MR) is 80.5 cm³/mol. The summed E-state index contributed by atoms with van der Waals surface area (Å²) in [6, 6.07) is 7.47. The summed E-state index contributed by atoms with van der Waals surface area (Å²) >= 11 is 0. The molecule has 0 saturated carbocycles. The number of hydrogen-bond acceptors (Lipinski definition) is 3. The Hall–Kier alpha value is -1.07. The molecule has 2 saturated heterocycles. The van der Waals surface area contributed by atoms with Gasteiger partial charge in [-0.25, -0.2) is 8.42 Å². The SMILES string of the molecule is O=S(=O)(c1ccccc1N1CCCC1)N1CCCCC1. The van der Waals surface area contributed by atoms with Crippen LogP contribution in [0.1, 0.15) is 32.1 Å². The second kappa shape index (κ2) is 5.74. The summed E-state index contributed by atoms with van der Waals surface area (Å²) in [5.41, 5.74) is 0.885. The normalized spacial score (nSPS) is 21.3. The minimum Gasteiger partial charge on any atom is -0.370 e. The molecule has 2 aliphatic rings. The van der Waals surface area contributed by atoms with Gasteiger partial charge in [0.05, 0.1) is 5.69 Å². The molecule has 3 rings (SSSR count). The molecule has 4 nitrogen and oxygen atoms in total. The van der Waals surface area contributed by atoms with Gasteiger partial charge in [-0.1, -0.05) is 18.6 Å². The van der Waals surface area contributed by atoms with Gasteiger partial charge in [0.2, 0.25) is 10.0 Å². The van der Waals surface area contributed by atoms with Crippen molar-refractivity contribution in [3.63, 3.8) is 0 Å². The zero-order valence-electron chi connectivity index (χ0n) is 11.8. The second-order valence-electron chi connectivity index (χ2n) is 5.63. The number of anilines is 1. The lowest BCUT2D eigenvalue weighted by Crippen LogP contribution is -2.36. The molecular weight excluding hydrogens is 272 g/mol. The Kier molecular flexibility index (Phi) is 3.98. The molecule has 0 unspecified atom stereocenters. The van der Waals surface area contributed by atoms with Gasteiger partial charge in [-0.2, -0.15) is 4.31 Å². The van der Waals surface area contributed by atoms with E-state index in [2.05, 4.69) is 4.90 Å². The number of nitrogens with zero attached hydrogens (tertiary/aromatic N) is 2. The van der Waals surface area contributed by atoms with Gasteiger partial charge >= 0.3 is 0 Å². The molecule has 0 atom stereocenters. The first-order valence-corrected chi connectivity index (χ1v) is 8.98. The Bertz CT molecular complexity index is 559. The molecule has 0 radical (unpaired) electrons. The Labute approximate surface area is 121 Å². The fourth-order valence-electron chi connectivity index (χ4n) is 3.14. The van der Waals surface area contributed by atoms with Crippen molar-refractivity contribution in [1.82, 2.24) is 4.31 Å². The van der Waals surface area contributed by atoms with Gasteiger partial charge in [-0.15, -0.1) is 0 Å². The van der Waals surface area contributed by atoms with Gasteiger partial charge in [0.25, 0.3) is 0 Å². The van der Waals surface area contributed by atoms with Crippen LogP contribution in [0.3, 0.4) is 0 Å². The van der Waals surface area contributed by atoms with E-state index in [1.807, 2.05) is 18.2 Å². The fourth-order valence-corrected chi connectivity index (χ4v) is 4.87. The predicted octanol–water partition coefficient (Wildman–Crippen LogP) is 2.46. The summed E-state index contributed by atoms with van der Waals surface area (Å²) in [5, 5.41) is 0. The van der Waals surface area contributed by atoms with E-state index in [0.29, 0.717) is 18.0 Å². The van der Waals surface area contributed by atoms with Crippen molar-refractivity contribution < 1.29 is 8.42 Å². The highest BCUT2D eigenvalue weighted by Crippen LogP contribution is 2.31. The number of hydrogen-bond donors (Lipinski definition) is 0. The second-order valence-corrected chi connectivity index (χ2v) is 7.53. The highest BCUT2D eigenvalue weighted by atomic mass is 32.2. The molecule has 2 fully saturated rings. The fraction of sp³-hybridized carbons (Fsp3) is 0.600. The standard InChI is InChI=1S/C15H22N2O2S/c18-20(19,17-12-4-1-5-13-17)15-9-3-2-8-14(15)16-10-6-7-11-16/h2-3,8-9H,1,4-7,10-13H2. The van der Waals surface area contributed by atoms with Gasteiger partial charge in [0.1, 0.15) is 4.90 Å². The van der Waals surface area contributed by atoms with Crippen molar-refractivity contribution in [3.05, 3.63) is 24.3 Å². The average molecular weight is 294 g/mol. The van der Waals surface area contributed by atoms with Gasteiger partial charge < -0.3 is 4.90 Å². The van der Waals surface area contributed by atoms with Crippen LogP contribution in [0.15, 0.2) is 29.2 Å². The molecule has 5 heteroatoms. The number of rotatable bonds is 3. The van der Waals surface area contributed by atoms with E-state index < -0.39 is 10.0 Å². The van der Waals surface area contributed by atoms with Gasteiger partial charge in [0.15, 0.2) is 0 Å². The van der Waals surface area contributed by atoms with Crippen LogP contribution >= 0.6 is 0 Å². The summed E-state index contributed by atoms with van der Waals surface area (Å²) in [4.78, 5) is 2.69. The van der Waals surface area contributed by atoms with Crippen molar-refractivity contribution in [2.45, 2.75) is 37.0 Å². The Morgan fingerprint density at radius 2 is 1.40 bits per heavy atom. The zero-order chi connectivity index (χ0) is 14.0. The molecule has 0 aliphatic carbocycles. The summed E-state index contributed by atoms with van der Waals surface area (Å²) in [5.74, 6) is 0. The first-order valence-electron chi connectivity index (χ1n) is 7.54. The zero-order valence-corrected chi connectivity index (χ0v) is 12.6. The maximum absolute atomic E-state index is 12.9. The summed E-state index contributed by atoms with van der Waals surface area (Å²) in [6.07, 6.45) is 5.40. The smallest absolute Gasteiger partial charge is 0.245 e. The number of benzene rings is 1. The highest BCUT2D eigenvalue weighted by molar-refractivity contribution is 7.89. The van der Waals surface area contributed by atoms with E-state index in [4.69, 9.17) is 0 Å². The van der Waals surface area contributed by atoms with E-state index in [1.165, 1.54) is 0 Å². The third-order valence-corrected chi connectivity index (χ3v) is 6.19. The largest absolute Gasteiger partial charge is 0.370 e. The van der Waals surface area contributed by atoms with E-state index in [-0.39, 0.29) is 0 Å². The number of para-hydroxylation sites is 1. The van der Waals surface area contributed by atoms with E-state index in [0.717, 1.165) is 50.9 Å². The minimum absolute atomic E-state index is 0.490. The van der Waals surface area contributed by atoms with Crippen molar-refractivity contribution in [3.8, 4) is 0 Å². The maximum Gasteiger partial charge on any atom is 0.245 e. The molecule has 0 N–H and O–H groups in total. The monoisotopic (exact) mass is 294 g/mol. The summed E-state index contributed by atoms with van der Waals surface area (Å²) in [7, 11) is -3.34. The van der Waals surface area contributed by atoms with Gasteiger partial charge in [0, 0.05) is 26.2 Å². The van der Waals surface area contributed by atoms with E-state index in [1.54, 1.807) is 10.4 Å². The number of sulfonamides is 1. The van der Waals surface area contributed by atoms with Gasteiger partial charge in [-0.3, -0.25) is 0 Å². The quantitative estimate of drug-likeness (QED) is 0.860. The lowest BCUT2D eigenvalue weighted by atomic mass is 10.2. The van der Waals surface area contributed by atoms with E-state index >= 15 is 0 Å². The molecule has 0 spiro atoms. The first kappa shape index (κ1) is 13.9.